The molecule has 0 bridgehead atoms. The van der Waals surface area contributed by atoms with E-state index in [1.807, 2.05) is 180 Å². The summed E-state index contributed by atoms with van der Waals surface area (Å²) in [6.45, 7) is 66.1. The van der Waals surface area contributed by atoms with Gasteiger partial charge in [0, 0.05) is 13.8 Å². The van der Waals surface area contributed by atoms with E-state index in [4.69, 9.17) is 47.7 Å². The van der Waals surface area contributed by atoms with E-state index in [-0.39, 0.29) is 131 Å². The number of unbranched alkanes of at least 4 members (excludes halogenated alkanes) is 2. The molecule has 0 radical (unpaired) electrons. The Morgan fingerprint density at radius 3 is 0.830 bits per heavy atom. The number of rotatable bonds is 40. The maximum absolute atomic E-state index is 11.6. The fourth-order valence-electron chi connectivity index (χ4n) is 5.67. The molecular weight excluding hydrogens is 1450 g/mol. The highest BCUT2D eigenvalue weighted by atomic mass is 16.6. The first kappa shape index (κ1) is 126. The summed E-state index contributed by atoms with van der Waals surface area (Å²) in [4.78, 5) is 132. The van der Waals surface area contributed by atoms with Gasteiger partial charge in [0.25, 0.3) is 0 Å². The topological polar surface area (TPSA) is 356 Å². The first-order chi connectivity index (χ1) is 51.7. The van der Waals surface area contributed by atoms with Crippen molar-refractivity contribution in [3.05, 3.63) is 0 Å². The SMILES string of the molecule is CCC(C)(C)C(=O)OC.CCC(C)(C)C(=O)OCC(CO)OC(C)=O.CCC(C)(C)C(=O)OCC(O)COC(C)=O.CCC(C)C(=O)OC.CCCCOC(=O)C(C)(C)CC.CCCCOC(=O)C(C)CC.CCCOC(=O)C(C)(C)CC.CCCOC(=O)C(C)CC.CCOC(=O)C(C)(C)CC.CCOC(=O)C(C)CC. The van der Waals surface area contributed by atoms with E-state index >= 15 is 0 Å². The fourth-order valence-corrected chi connectivity index (χ4v) is 5.67. The molecule has 0 rings (SSSR count). The van der Waals surface area contributed by atoms with Gasteiger partial charge in [0.15, 0.2) is 6.10 Å². The molecule has 26 nitrogen and oxygen atoms in total. The maximum Gasteiger partial charge on any atom is 0.311 e. The summed E-state index contributed by atoms with van der Waals surface area (Å²) in [5, 5.41) is 18.2. The largest absolute Gasteiger partial charge is 0.469 e. The number of methoxy groups -OCH3 is 2. The number of esters is 12. The average Bonchev–Trinajstić information content (AvgIpc) is 0.885. The predicted octanol–water partition coefficient (Wildman–Crippen LogP) is 17.7. The van der Waals surface area contributed by atoms with Crippen molar-refractivity contribution in [2.75, 3.05) is 80.3 Å². The molecule has 0 spiro atoms. The minimum absolute atomic E-state index is 0.0547. The van der Waals surface area contributed by atoms with Crippen LogP contribution >= 0.6 is 0 Å². The Morgan fingerprint density at radius 1 is 0.304 bits per heavy atom. The zero-order chi connectivity index (χ0) is 90.3. The first-order valence-electron chi connectivity index (χ1n) is 40.8. The summed E-state index contributed by atoms with van der Waals surface area (Å²) in [7, 11) is 2.83. The van der Waals surface area contributed by atoms with E-state index in [2.05, 4.69) is 28.1 Å². The van der Waals surface area contributed by atoms with Crippen LogP contribution in [0.5, 0.6) is 0 Å². The quantitative estimate of drug-likeness (QED) is 0.0327. The van der Waals surface area contributed by atoms with Gasteiger partial charge in [-0.1, -0.05) is 137 Å². The smallest absolute Gasteiger partial charge is 0.311 e. The van der Waals surface area contributed by atoms with Crippen LogP contribution < -0.4 is 0 Å². The Balaban J connectivity index is -0.000000130. The minimum atomic E-state index is -0.972. The van der Waals surface area contributed by atoms with Crippen LogP contribution in [0.15, 0.2) is 0 Å². The number of hydrogen-bond acceptors (Lipinski definition) is 26. The van der Waals surface area contributed by atoms with Gasteiger partial charge in [0.2, 0.25) is 0 Å². The minimum Gasteiger partial charge on any atom is -0.469 e. The third-order valence-electron chi connectivity index (χ3n) is 17.8. The predicted molar refractivity (Wildman–Crippen MR) is 441 cm³/mol. The van der Waals surface area contributed by atoms with Crippen molar-refractivity contribution < 1.29 is 125 Å². The second-order valence-corrected chi connectivity index (χ2v) is 30.5. The van der Waals surface area contributed by atoms with Gasteiger partial charge >= 0.3 is 71.6 Å². The summed E-state index contributed by atoms with van der Waals surface area (Å²) >= 11 is 0. The zero-order valence-electron chi connectivity index (χ0n) is 77.5. The van der Waals surface area contributed by atoms with E-state index in [0.29, 0.717) is 52.5 Å². The van der Waals surface area contributed by atoms with Crippen molar-refractivity contribution in [2.24, 2.45) is 56.2 Å². The molecule has 0 amide bonds. The molecule has 0 heterocycles. The number of ether oxygens (including phenoxy) is 12. The summed E-state index contributed by atoms with van der Waals surface area (Å²) in [6.07, 6.45) is 12.2. The van der Waals surface area contributed by atoms with Crippen molar-refractivity contribution >= 4 is 71.6 Å². The van der Waals surface area contributed by atoms with Gasteiger partial charge in [-0.05, 0) is 187 Å². The standard InChI is InChI=1S/2C11H20O5.C10H20O2.2C9H18O2.2C8H16O2.2C7H14O2.C6H12O2/c1-5-11(3,4)10(14)16-7-9(13)6-15-8(2)12;1-5-11(3,4)10(14)15-7-9(6-12)16-8(2)13;1-5-7-8-12-9(11)10(3,4)6-2;1-5-7-11-8(10)9(3,4)6-2;1-4-6-7-11-9(10)8(3)5-2;1-5-8(3,4)7(9)10-6-2;1-4-6-10-8(9)7(3)5-2;1-5-7(2,3)6(8)9-4;1-4-6(3)7(8)9-5-2;1-4-5(2)6(7)8-3/h9,13H,5-7H2,1-4H3;9,12H,5-7H2,1-4H3;5-8H2,1-4H3;5-7H2,1-4H3;8H,4-7H2,1-3H3;5-6H2,1-4H3;7H,4-6H2,1-3H3;5H2,1-4H3;6H,4-5H2,1-3H3;5H,4H2,1-3H3. The van der Waals surface area contributed by atoms with E-state index < -0.39 is 35.0 Å². The second kappa shape index (κ2) is 75.9. The van der Waals surface area contributed by atoms with Gasteiger partial charge in [-0.2, -0.15) is 0 Å². The third-order valence-corrected chi connectivity index (χ3v) is 17.8. The van der Waals surface area contributed by atoms with Gasteiger partial charge in [-0.3, -0.25) is 57.5 Å². The molecule has 668 valence electrons. The number of carbonyl (C=O) groups is 12. The molecule has 0 aliphatic rings. The Morgan fingerprint density at radius 2 is 0.571 bits per heavy atom. The molecule has 112 heavy (non-hydrogen) atoms. The number of aliphatic hydroxyl groups excluding tert-OH is 2. The molecule has 0 aromatic rings. The van der Waals surface area contributed by atoms with Crippen molar-refractivity contribution in [3.63, 3.8) is 0 Å². The van der Waals surface area contributed by atoms with Crippen LogP contribution in [0.1, 0.15) is 338 Å². The van der Waals surface area contributed by atoms with Crippen LogP contribution in [-0.2, 0) is 114 Å². The highest BCUT2D eigenvalue weighted by Crippen LogP contribution is 2.26. The number of hydrogen-bond donors (Lipinski definition) is 2. The molecule has 2 N–H and O–H groups in total. The van der Waals surface area contributed by atoms with E-state index in [9.17, 15) is 62.6 Å². The normalized spacial score (nSPS) is 12.3. The van der Waals surface area contributed by atoms with E-state index in [1.165, 1.54) is 28.1 Å². The molecule has 0 fully saturated rings. The van der Waals surface area contributed by atoms with Crippen molar-refractivity contribution in [2.45, 2.75) is 350 Å². The number of carbonyl (C=O) groups excluding carboxylic acids is 12. The first-order valence-corrected chi connectivity index (χ1v) is 40.8. The van der Waals surface area contributed by atoms with E-state index in [1.54, 1.807) is 27.7 Å². The molecule has 6 atom stereocenters. The monoisotopic (exact) mass is 1620 g/mol. The Kier molecular flexibility index (Phi) is 85.6. The molecule has 0 aliphatic carbocycles. The van der Waals surface area contributed by atoms with Gasteiger partial charge in [-0.25, -0.2) is 0 Å². The lowest BCUT2D eigenvalue weighted by Gasteiger charge is -2.22. The van der Waals surface area contributed by atoms with Crippen LogP contribution in [0.25, 0.3) is 0 Å². The Hall–Kier alpha value is -6.44. The Bertz CT molecular complexity index is 2430. The molecule has 0 aromatic carbocycles. The number of aliphatic hydroxyl groups is 2. The summed E-state index contributed by atoms with van der Waals surface area (Å²) in [6, 6.07) is 0. The lowest BCUT2D eigenvalue weighted by molar-refractivity contribution is -0.165. The Labute approximate surface area is 680 Å². The highest BCUT2D eigenvalue weighted by Gasteiger charge is 2.31. The third kappa shape index (κ3) is 74.9. The van der Waals surface area contributed by atoms with Crippen molar-refractivity contribution in [3.8, 4) is 0 Å². The summed E-state index contributed by atoms with van der Waals surface area (Å²) in [5.74, 6) is -2.18. The molecule has 26 heteroatoms. The maximum atomic E-state index is 11.6. The van der Waals surface area contributed by atoms with Gasteiger partial charge in [0.1, 0.15) is 25.9 Å². The fraction of sp³-hybridized carbons (Fsp3) is 0.860. The van der Waals surface area contributed by atoms with Crippen LogP contribution in [-0.4, -0.2) is 174 Å². The van der Waals surface area contributed by atoms with Crippen molar-refractivity contribution in [1.29, 1.82) is 0 Å². The molecule has 0 saturated heterocycles. The summed E-state index contributed by atoms with van der Waals surface area (Å²) in [5.41, 5.74) is -2.36. The molecule has 0 aliphatic heterocycles. The van der Waals surface area contributed by atoms with Gasteiger partial charge in [0.05, 0.1) is 117 Å². The molecule has 6 unspecified atom stereocenters. The summed E-state index contributed by atoms with van der Waals surface area (Å²) < 4.78 is 57.8. The zero-order valence-corrected chi connectivity index (χ0v) is 77.5. The highest BCUT2D eigenvalue weighted by molar-refractivity contribution is 5.78. The second-order valence-electron chi connectivity index (χ2n) is 30.5. The van der Waals surface area contributed by atoms with Crippen LogP contribution in [0.3, 0.4) is 0 Å². The molecule has 0 aromatic heterocycles. The van der Waals surface area contributed by atoms with Crippen molar-refractivity contribution in [1.82, 2.24) is 0 Å². The average molecular weight is 1620 g/mol. The lowest BCUT2D eigenvalue weighted by atomic mass is 9.91. The van der Waals surface area contributed by atoms with Crippen LogP contribution in [0.2, 0.25) is 0 Å². The molecular formula is C86H168O26. The lowest BCUT2D eigenvalue weighted by Crippen LogP contribution is -2.32. The van der Waals surface area contributed by atoms with E-state index in [0.717, 1.165) is 89.9 Å². The molecule has 0 saturated carbocycles. The van der Waals surface area contributed by atoms with Crippen LogP contribution in [0, 0.1) is 56.2 Å². The van der Waals surface area contributed by atoms with Gasteiger partial charge < -0.3 is 67.1 Å². The van der Waals surface area contributed by atoms with Gasteiger partial charge in [-0.15, -0.1) is 0 Å². The van der Waals surface area contributed by atoms with Crippen LogP contribution in [0.4, 0.5) is 0 Å².